The first-order chi connectivity index (χ1) is 8.61. The van der Waals surface area contributed by atoms with Gasteiger partial charge in [-0.3, -0.25) is 10.00 Å². The molecule has 18 heavy (non-hydrogen) atoms. The number of rotatable bonds is 6. The van der Waals surface area contributed by atoms with Gasteiger partial charge in [0.1, 0.15) is 5.54 Å². The highest BCUT2D eigenvalue weighted by Gasteiger charge is 2.46. The molecule has 0 radical (unpaired) electrons. The molecule has 1 aromatic heterocycles. The van der Waals surface area contributed by atoms with Crippen LogP contribution in [-0.4, -0.2) is 21.9 Å². The maximum absolute atomic E-state index is 9.62. The number of nitrogens with one attached hydrogen (secondary N) is 1. The molecule has 0 bridgehead atoms. The third kappa shape index (κ3) is 2.56. The molecule has 1 aliphatic carbocycles. The lowest BCUT2D eigenvalue weighted by Gasteiger charge is -2.28. The minimum Gasteiger partial charge on any atom is -0.298 e. The molecular weight excluding hydrogens is 224 g/mol. The van der Waals surface area contributed by atoms with Crippen LogP contribution in [0.1, 0.15) is 37.6 Å². The largest absolute Gasteiger partial charge is 0.298 e. The van der Waals surface area contributed by atoms with Crippen molar-refractivity contribution in [3.63, 3.8) is 0 Å². The van der Waals surface area contributed by atoms with Crippen LogP contribution in [0.25, 0.3) is 0 Å². The van der Waals surface area contributed by atoms with Crippen LogP contribution in [0.2, 0.25) is 0 Å². The van der Waals surface area contributed by atoms with E-state index in [2.05, 4.69) is 36.4 Å². The molecule has 0 amide bonds. The highest BCUT2D eigenvalue weighted by Crippen LogP contribution is 2.40. The van der Waals surface area contributed by atoms with Gasteiger partial charge in [-0.2, -0.15) is 10.4 Å². The van der Waals surface area contributed by atoms with Gasteiger partial charge >= 0.3 is 0 Å². The molecule has 1 aromatic rings. The van der Waals surface area contributed by atoms with Gasteiger partial charge in [0.15, 0.2) is 0 Å². The van der Waals surface area contributed by atoms with Gasteiger partial charge in [0.2, 0.25) is 0 Å². The zero-order valence-electron chi connectivity index (χ0n) is 11.5. The lowest BCUT2D eigenvalue weighted by atomic mass is 9.94. The van der Waals surface area contributed by atoms with Crippen LogP contribution in [0.15, 0.2) is 6.07 Å². The second-order valence-corrected chi connectivity index (χ2v) is 5.37. The summed E-state index contributed by atoms with van der Waals surface area (Å²) >= 11 is 0. The van der Waals surface area contributed by atoms with Crippen molar-refractivity contribution in [2.24, 2.45) is 5.92 Å². The molecule has 1 unspecified atom stereocenters. The second kappa shape index (κ2) is 5.11. The van der Waals surface area contributed by atoms with Crippen molar-refractivity contribution in [1.82, 2.24) is 15.1 Å². The molecular formula is C14H22N4. The van der Waals surface area contributed by atoms with Crippen LogP contribution < -0.4 is 5.32 Å². The predicted molar refractivity (Wildman–Crippen MR) is 71.1 cm³/mol. The Kier molecular flexibility index (Phi) is 3.72. The minimum absolute atomic E-state index is 0.431. The van der Waals surface area contributed by atoms with Gasteiger partial charge in [-0.15, -0.1) is 0 Å². The molecule has 0 aliphatic heterocycles. The smallest absolute Gasteiger partial charge is 0.129 e. The van der Waals surface area contributed by atoms with E-state index in [1.54, 1.807) is 0 Å². The van der Waals surface area contributed by atoms with E-state index < -0.39 is 5.54 Å². The Morgan fingerprint density at radius 3 is 2.72 bits per heavy atom. The fourth-order valence-electron chi connectivity index (χ4n) is 2.49. The van der Waals surface area contributed by atoms with Crippen molar-refractivity contribution in [2.75, 3.05) is 6.54 Å². The van der Waals surface area contributed by atoms with Crippen molar-refractivity contribution in [2.45, 2.75) is 52.1 Å². The summed E-state index contributed by atoms with van der Waals surface area (Å²) in [6.07, 6.45) is 3.36. The Bertz CT molecular complexity index is 453. The van der Waals surface area contributed by atoms with E-state index in [9.17, 15) is 5.26 Å². The maximum atomic E-state index is 9.62. The first-order valence-electron chi connectivity index (χ1n) is 6.78. The van der Waals surface area contributed by atoms with E-state index in [4.69, 9.17) is 0 Å². The molecule has 1 N–H and O–H groups in total. The lowest BCUT2D eigenvalue weighted by molar-refractivity contribution is 0.303. The highest BCUT2D eigenvalue weighted by molar-refractivity contribution is 5.17. The Balaban J connectivity index is 2.19. The standard InChI is InChI=1S/C14H22N4/c1-4-7-16-14(9-15,13-5-6-13)10-18-12(3)8-11(2)17-18/h8,13,16H,4-7,10H2,1-3H3. The monoisotopic (exact) mass is 246 g/mol. The molecule has 1 heterocycles. The van der Waals surface area contributed by atoms with Crippen LogP contribution in [0, 0.1) is 31.1 Å². The van der Waals surface area contributed by atoms with E-state index in [0.717, 1.165) is 37.2 Å². The quantitative estimate of drug-likeness (QED) is 0.837. The normalized spacial score (nSPS) is 18.3. The molecule has 0 aromatic carbocycles. The summed E-state index contributed by atoms with van der Waals surface area (Å²) in [5, 5.41) is 17.6. The maximum Gasteiger partial charge on any atom is 0.129 e. The van der Waals surface area contributed by atoms with Crippen LogP contribution in [-0.2, 0) is 6.54 Å². The third-order valence-electron chi connectivity index (χ3n) is 3.67. The first-order valence-corrected chi connectivity index (χ1v) is 6.78. The summed E-state index contributed by atoms with van der Waals surface area (Å²) in [5.41, 5.74) is 1.72. The van der Waals surface area contributed by atoms with E-state index >= 15 is 0 Å². The van der Waals surface area contributed by atoms with E-state index in [1.807, 2.05) is 11.6 Å². The van der Waals surface area contributed by atoms with Crippen LogP contribution >= 0.6 is 0 Å². The molecule has 98 valence electrons. The van der Waals surface area contributed by atoms with Crippen molar-refractivity contribution >= 4 is 0 Å². The molecule has 1 aliphatic rings. The Morgan fingerprint density at radius 1 is 1.56 bits per heavy atom. The van der Waals surface area contributed by atoms with Gasteiger partial charge in [0, 0.05) is 5.69 Å². The molecule has 0 saturated heterocycles. The number of aromatic nitrogens is 2. The number of hydrogen-bond acceptors (Lipinski definition) is 3. The Morgan fingerprint density at radius 2 is 2.28 bits per heavy atom. The zero-order chi connectivity index (χ0) is 13.2. The summed E-state index contributed by atoms with van der Waals surface area (Å²) in [5.74, 6) is 0.484. The van der Waals surface area contributed by atoms with Crippen molar-refractivity contribution in [3.8, 4) is 6.07 Å². The highest BCUT2D eigenvalue weighted by atomic mass is 15.3. The molecule has 1 fully saturated rings. The fourth-order valence-corrected chi connectivity index (χ4v) is 2.49. The summed E-state index contributed by atoms with van der Waals surface area (Å²) in [6.45, 7) is 7.73. The average molecular weight is 246 g/mol. The van der Waals surface area contributed by atoms with Crippen LogP contribution in [0.5, 0.6) is 0 Å². The molecule has 1 saturated carbocycles. The number of aryl methyl sites for hydroxylation is 2. The average Bonchev–Trinajstić information content (AvgIpc) is 3.13. The van der Waals surface area contributed by atoms with E-state index in [0.29, 0.717) is 12.5 Å². The fraction of sp³-hybridized carbons (Fsp3) is 0.714. The molecule has 2 rings (SSSR count). The van der Waals surface area contributed by atoms with Gasteiger partial charge in [-0.25, -0.2) is 0 Å². The van der Waals surface area contributed by atoms with Gasteiger partial charge < -0.3 is 0 Å². The van der Waals surface area contributed by atoms with Crippen LogP contribution in [0.3, 0.4) is 0 Å². The Hall–Kier alpha value is -1.34. The number of nitriles is 1. The first kappa shape index (κ1) is 13.1. The second-order valence-electron chi connectivity index (χ2n) is 5.37. The summed E-state index contributed by atoms with van der Waals surface area (Å²) < 4.78 is 1.97. The molecule has 1 atom stereocenters. The van der Waals surface area contributed by atoms with Gasteiger partial charge in [0.25, 0.3) is 0 Å². The SMILES string of the molecule is CCCNC(C#N)(Cn1nc(C)cc1C)C1CC1. The van der Waals surface area contributed by atoms with Gasteiger partial charge in [-0.05, 0) is 51.6 Å². The molecule has 0 spiro atoms. The van der Waals surface area contributed by atoms with Gasteiger partial charge in [0.05, 0.1) is 18.3 Å². The Labute approximate surface area is 109 Å². The topological polar surface area (TPSA) is 53.6 Å². The minimum atomic E-state index is -0.431. The summed E-state index contributed by atoms with van der Waals surface area (Å²) in [4.78, 5) is 0. The van der Waals surface area contributed by atoms with Crippen molar-refractivity contribution in [1.29, 1.82) is 5.26 Å². The van der Waals surface area contributed by atoms with Crippen molar-refractivity contribution in [3.05, 3.63) is 17.5 Å². The molecule has 4 heteroatoms. The lowest BCUT2D eigenvalue weighted by Crippen LogP contribution is -2.50. The number of nitrogens with zero attached hydrogens (tertiary/aromatic N) is 3. The van der Waals surface area contributed by atoms with Crippen molar-refractivity contribution < 1.29 is 0 Å². The molecule has 4 nitrogen and oxygen atoms in total. The van der Waals surface area contributed by atoms with E-state index in [-0.39, 0.29) is 0 Å². The summed E-state index contributed by atoms with van der Waals surface area (Å²) in [7, 11) is 0. The van der Waals surface area contributed by atoms with Crippen LogP contribution in [0.4, 0.5) is 0 Å². The third-order valence-corrected chi connectivity index (χ3v) is 3.67. The predicted octanol–water partition coefficient (Wildman–Crippen LogP) is 2.17. The zero-order valence-corrected chi connectivity index (χ0v) is 11.5. The van der Waals surface area contributed by atoms with E-state index in [1.165, 1.54) is 0 Å². The number of hydrogen-bond donors (Lipinski definition) is 1. The van der Waals surface area contributed by atoms with Gasteiger partial charge in [-0.1, -0.05) is 6.92 Å². The summed E-state index contributed by atoms with van der Waals surface area (Å²) in [6, 6.07) is 4.59.